The second-order valence-electron chi connectivity index (χ2n) is 5.22. The number of carbonyl (C=O) groups is 2. The molecule has 1 heterocycles. The molecule has 25 heavy (non-hydrogen) atoms. The first-order valence-electron chi connectivity index (χ1n) is 7.83. The van der Waals surface area contributed by atoms with Gasteiger partial charge < -0.3 is 14.6 Å². The zero-order valence-corrected chi connectivity index (χ0v) is 13.6. The van der Waals surface area contributed by atoms with E-state index < -0.39 is 18.0 Å². The van der Waals surface area contributed by atoms with Crippen LogP contribution in [0.3, 0.4) is 0 Å². The van der Waals surface area contributed by atoms with Gasteiger partial charge in [0, 0.05) is 18.9 Å². The highest BCUT2D eigenvalue weighted by atomic mass is 16.6. The van der Waals surface area contributed by atoms with Crippen LogP contribution in [0.4, 0.5) is 0 Å². The van der Waals surface area contributed by atoms with E-state index in [1.807, 2.05) is 24.3 Å². The highest BCUT2D eigenvalue weighted by molar-refractivity contribution is 5.81. The summed E-state index contributed by atoms with van der Waals surface area (Å²) in [6.07, 6.45) is 2.92. The maximum Gasteiger partial charge on any atom is 0.323 e. The third-order valence-electron chi connectivity index (χ3n) is 3.28. The van der Waals surface area contributed by atoms with Crippen LogP contribution in [-0.2, 0) is 20.9 Å². The Balaban J connectivity index is 1.77. The van der Waals surface area contributed by atoms with E-state index >= 15 is 0 Å². The molecule has 0 spiro atoms. The van der Waals surface area contributed by atoms with Crippen molar-refractivity contribution in [3.8, 4) is 5.75 Å². The summed E-state index contributed by atoms with van der Waals surface area (Å²) < 4.78 is 10.5. The SMILES string of the molecule is O=C(O)C[C@H](NCc1cccnc1)C(=O)OCCOc1ccccc1. The lowest BCUT2D eigenvalue weighted by molar-refractivity contribution is -0.151. The van der Waals surface area contributed by atoms with Crippen molar-refractivity contribution in [2.24, 2.45) is 0 Å². The molecule has 2 aromatic rings. The molecule has 0 aliphatic carbocycles. The molecule has 0 fully saturated rings. The largest absolute Gasteiger partial charge is 0.490 e. The van der Waals surface area contributed by atoms with Crippen LogP contribution < -0.4 is 10.1 Å². The van der Waals surface area contributed by atoms with Gasteiger partial charge >= 0.3 is 11.9 Å². The Hall–Kier alpha value is -2.93. The number of carbonyl (C=O) groups excluding carboxylic acids is 1. The number of para-hydroxylation sites is 1. The lowest BCUT2D eigenvalue weighted by atomic mass is 10.2. The van der Waals surface area contributed by atoms with Gasteiger partial charge in [0.25, 0.3) is 0 Å². The average Bonchev–Trinajstić information content (AvgIpc) is 2.63. The second-order valence-corrected chi connectivity index (χ2v) is 5.22. The van der Waals surface area contributed by atoms with E-state index in [1.54, 1.807) is 30.6 Å². The summed E-state index contributed by atoms with van der Waals surface area (Å²) in [6, 6.07) is 11.8. The Bertz CT molecular complexity index is 664. The Labute approximate surface area is 145 Å². The Morgan fingerprint density at radius 3 is 2.60 bits per heavy atom. The van der Waals surface area contributed by atoms with Gasteiger partial charge in [-0.2, -0.15) is 0 Å². The zero-order chi connectivity index (χ0) is 17.9. The van der Waals surface area contributed by atoms with Gasteiger partial charge in [-0.1, -0.05) is 24.3 Å². The maximum atomic E-state index is 12.1. The molecule has 1 aromatic heterocycles. The highest BCUT2D eigenvalue weighted by Crippen LogP contribution is 2.08. The molecule has 0 aliphatic rings. The van der Waals surface area contributed by atoms with E-state index in [4.69, 9.17) is 14.6 Å². The lowest BCUT2D eigenvalue weighted by Gasteiger charge is -2.16. The van der Waals surface area contributed by atoms with Crippen molar-refractivity contribution < 1.29 is 24.2 Å². The van der Waals surface area contributed by atoms with Crippen LogP contribution in [0.2, 0.25) is 0 Å². The smallest absolute Gasteiger partial charge is 0.323 e. The summed E-state index contributed by atoms with van der Waals surface area (Å²) in [6.45, 7) is 0.554. The Kier molecular flexibility index (Phi) is 7.40. The fourth-order valence-electron chi connectivity index (χ4n) is 2.08. The molecule has 2 rings (SSSR count). The first-order valence-corrected chi connectivity index (χ1v) is 7.83. The van der Waals surface area contributed by atoms with Crippen LogP contribution >= 0.6 is 0 Å². The molecule has 7 heteroatoms. The van der Waals surface area contributed by atoms with E-state index in [2.05, 4.69) is 10.3 Å². The number of hydrogen-bond acceptors (Lipinski definition) is 6. The Morgan fingerprint density at radius 2 is 1.92 bits per heavy atom. The summed E-state index contributed by atoms with van der Waals surface area (Å²) in [5.74, 6) is -1.03. The number of carboxylic acids is 1. The van der Waals surface area contributed by atoms with Crippen LogP contribution in [0.15, 0.2) is 54.9 Å². The number of rotatable bonds is 10. The minimum absolute atomic E-state index is 0.0401. The maximum absolute atomic E-state index is 12.1. The van der Waals surface area contributed by atoms with Crippen LogP contribution in [-0.4, -0.2) is 41.3 Å². The molecule has 0 radical (unpaired) electrons. The predicted octanol–water partition coefficient (Wildman–Crippen LogP) is 1.64. The molecule has 0 bridgehead atoms. The molecule has 0 saturated heterocycles. The molecule has 0 unspecified atom stereocenters. The van der Waals surface area contributed by atoms with E-state index in [-0.39, 0.29) is 19.6 Å². The van der Waals surface area contributed by atoms with Crippen molar-refractivity contribution in [2.75, 3.05) is 13.2 Å². The monoisotopic (exact) mass is 344 g/mol. The van der Waals surface area contributed by atoms with Crippen molar-refractivity contribution in [2.45, 2.75) is 19.0 Å². The van der Waals surface area contributed by atoms with E-state index in [1.165, 1.54) is 0 Å². The summed E-state index contributed by atoms with van der Waals surface area (Å²) >= 11 is 0. The highest BCUT2D eigenvalue weighted by Gasteiger charge is 2.22. The van der Waals surface area contributed by atoms with Crippen LogP contribution in [0.1, 0.15) is 12.0 Å². The van der Waals surface area contributed by atoms with Gasteiger partial charge in [0.05, 0.1) is 6.42 Å². The minimum atomic E-state index is -1.08. The summed E-state index contributed by atoms with van der Waals surface area (Å²) in [4.78, 5) is 27.0. The number of pyridine rings is 1. The normalized spacial score (nSPS) is 11.5. The zero-order valence-electron chi connectivity index (χ0n) is 13.6. The standard InChI is InChI=1S/C18H20N2O5/c21-17(22)11-16(20-13-14-5-4-8-19-12-14)18(23)25-10-9-24-15-6-2-1-3-7-15/h1-8,12,16,20H,9-11,13H2,(H,21,22)/t16-/m0/s1. The fourth-order valence-corrected chi connectivity index (χ4v) is 2.08. The van der Waals surface area contributed by atoms with Crippen LogP contribution in [0.5, 0.6) is 5.75 Å². The number of nitrogens with zero attached hydrogens (tertiary/aromatic N) is 1. The summed E-state index contributed by atoms with van der Waals surface area (Å²) in [7, 11) is 0. The quantitative estimate of drug-likeness (QED) is 0.499. The predicted molar refractivity (Wildman–Crippen MR) is 90.0 cm³/mol. The van der Waals surface area contributed by atoms with Crippen molar-refractivity contribution in [3.63, 3.8) is 0 Å². The van der Waals surface area contributed by atoms with E-state index in [0.717, 1.165) is 5.56 Å². The van der Waals surface area contributed by atoms with E-state index in [0.29, 0.717) is 12.3 Å². The van der Waals surface area contributed by atoms with E-state index in [9.17, 15) is 9.59 Å². The molecule has 1 atom stereocenters. The lowest BCUT2D eigenvalue weighted by Crippen LogP contribution is -2.40. The van der Waals surface area contributed by atoms with Gasteiger partial charge in [-0.25, -0.2) is 0 Å². The number of benzene rings is 1. The number of ether oxygens (including phenoxy) is 2. The van der Waals surface area contributed by atoms with Crippen molar-refractivity contribution in [3.05, 3.63) is 60.4 Å². The molecule has 0 amide bonds. The van der Waals surface area contributed by atoms with Gasteiger partial charge in [-0.3, -0.25) is 19.9 Å². The molecule has 132 valence electrons. The molecular formula is C18H20N2O5. The molecule has 7 nitrogen and oxygen atoms in total. The van der Waals surface area contributed by atoms with Crippen LogP contribution in [0.25, 0.3) is 0 Å². The number of nitrogens with one attached hydrogen (secondary N) is 1. The van der Waals surface area contributed by atoms with Gasteiger partial charge in [-0.05, 0) is 23.8 Å². The van der Waals surface area contributed by atoms with Gasteiger partial charge in [-0.15, -0.1) is 0 Å². The van der Waals surface area contributed by atoms with Gasteiger partial charge in [0.2, 0.25) is 0 Å². The number of carboxylic acid groups (broad SMARTS) is 1. The van der Waals surface area contributed by atoms with Crippen LogP contribution in [0, 0.1) is 0 Å². The number of esters is 1. The Morgan fingerprint density at radius 1 is 1.12 bits per heavy atom. The average molecular weight is 344 g/mol. The molecule has 0 aliphatic heterocycles. The number of aliphatic carboxylic acids is 1. The second kappa shape index (κ2) is 10.0. The first kappa shape index (κ1) is 18.4. The van der Waals surface area contributed by atoms with Gasteiger partial charge in [0.15, 0.2) is 0 Å². The summed E-state index contributed by atoms with van der Waals surface area (Å²) in [5, 5.41) is 11.9. The minimum Gasteiger partial charge on any atom is -0.490 e. The molecule has 2 N–H and O–H groups in total. The van der Waals surface area contributed by atoms with Crippen molar-refractivity contribution >= 4 is 11.9 Å². The number of aromatic nitrogens is 1. The van der Waals surface area contributed by atoms with Crippen molar-refractivity contribution in [1.82, 2.24) is 10.3 Å². The summed E-state index contributed by atoms with van der Waals surface area (Å²) in [5.41, 5.74) is 0.845. The third kappa shape index (κ3) is 7.01. The van der Waals surface area contributed by atoms with Gasteiger partial charge in [0.1, 0.15) is 25.0 Å². The molecular weight excluding hydrogens is 324 g/mol. The third-order valence-corrected chi connectivity index (χ3v) is 3.28. The fraction of sp³-hybridized carbons (Fsp3) is 0.278. The topological polar surface area (TPSA) is 97.8 Å². The molecule has 1 aromatic carbocycles. The van der Waals surface area contributed by atoms with Crippen molar-refractivity contribution in [1.29, 1.82) is 0 Å². The number of hydrogen-bond donors (Lipinski definition) is 2. The first-order chi connectivity index (χ1) is 12.1. The molecule has 0 saturated carbocycles.